The van der Waals surface area contributed by atoms with Crippen LogP contribution >= 0.6 is 12.2 Å². The van der Waals surface area contributed by atoms with Crippen molar-refractivity contribution in [2.24, 2.45) is 0 Å². The van der Waals surface area contributed by atoms with E-state index in [1.807, 2.05) is 43.1 Å². The Labute approximate surface area is 181 Å². The largest absolute Gasteiger partial charge is 0.487 e. The monoisotopic (exact) mass is 428 g/mol. The molecule has 5 nitrogen and oxygen atoms in total. The van der Waals surface area contributed by atoms with Gasteiger partial charge >= 0.3 is 6.09 Å². The molecule has 0 unspecified atom stereocenters. The van der Waals surface area contributed by atoms with Gasteiger partial charge in [-0.1, -0.05) is 12.2 Å². The molecule has 0 bridgehead atoms. The van der Waals surface area contributed by atoms with Crippen LogP contribution in [0.1, 0.15) is 33.4 Å². The van der Waals surface area contributed by atoms with Gasteiger partial charge in [-0.3, -0.25) is 0 Å². The fraction of sp³-hybridized carbons (Fsp3) is 0.304. The first kappa shape index (κ1) is 21.8. The van der Waals surface area contributed by atoms with Crippen LogP contribution in [-0.2, 0) is 11.3 Å². The maximum Gasteiger partial charge on any atom is 0.419 e. The normalized spacial score (nSPS) is 11.4. The average Bonchev–Trinajstić information content (AvgIpc) is 3.02. The number of hydrogen-bond acceptors (Lipinski definition) is 4. The zero-order valence-corrected chi connectivity index (χ0v) is 18.5. The third kappa shape index (κ3) is 4.97. The second kappa shape index (κ2) is 8.44. The number of rotatable bonds is 4. The number of hydrogen-bond donors (Lipinski definition) is 0. The zero-order valence-electron chi connectivity index (χ0n) is 17.7. The van der Waals surface area contributed by atoms with Crippen molar-refractivity contribution in [1.29, 1.82) is 0 Å². The molecule has 1 aromatic heterocycles. The van der Waals surface area contributed by atoms with E-state index in [0.29, 0.717) is 17.0 Å². The van der Waals surface area contributed by atoms with Gasteiger partial charge in [0.2, 0.25) is 0 Å². The fourth-order valence-electron chi connectivity index (χ4n) is 2.97. The molecule has 0 aliphatic rings. The molecule has 0 N–H and O–H groups in total. The van der Waals surface area contributed by atoms with E-state index in [1.165, 1.54) is 16.7 Å². The van der Waals surface area contributed by atoms with Gasteiger partial charge in [-0.2, -0.15) is 0 Å². The van der Waals surface area contributed by atoms with Crippen LogP contribution in [0.3, 0.4) is 0 Å². The van der Waals surface area contributed by atoms with E-state index in [2.05, 4.69) is 0 Å². The lowest BCUT2D eigenvalue weighted by Gasteiger charge is -2.21. The molecule has 0 spiro atoms. The molecule has 0 fully saturated rings. The molecule has 0 saturated carbocycles. The highest BCUT2D eigenvalue weighted by Crippen LogP contribution is 2.25. The van der Waals surface area contributed by atoms with Crippen molar-refractivity contribution in [2.75, 3.05) is 11.9 Å². The van der Waals surface area contributed by atoms with Crippen molar-refractivity contribution in [3.05, 3.63) is 60.0 Å². The van der Waals surface area contributed by atoms with E-state index in [0.717, 1.165) is 16.1 Å². The molecule has 2 aromatic carbocycles. The van der Waals surface area contributed by atoms with Crippen LogP contribution in [0, 0.1) is 5.82 Å². The van der Waals surface area contributed by atoms with Crippen LogP contribution < -0.4 is 9.64 Å². The number of fused-ring (bicyclic) bond motifs is 1. The van der Waals surface area contributed by atoms with Gasteiger partial charge in [0.15, 0.2) is 0 Å². The first-order valence-electron chi connectivity index (χ1n) is 9.55. The summed E-state index contributed by atoms with van der Waals surface area (Å²) < 4.78 is 26.6. The van der Waals surface area contributed by atoms with E-state index in [1.54, 1.807) is 32.9 Å². The minimum absolute atomic E-state index is 0.122. The number of benzene rings is 2. The lowest BCUT2D eigenvalue weighted by atomic mass is 10.2. The molecule has 0 aliphatic carbocycles. The van der Waals surface area contributed by atoms with Gasteiger partial charge in [0.1, 0.15) is 23.8 Å². The number of carbonyl (C=O) groups is 1. The number of halogens is 1. The summed E-state index contributed by atoms with van der Waals surface area (Å²) in [6.07, 6.45) is -0.574. The Hall–Kier alpha value is -2.93. The maximum atomic E-state index is 13.8. The van der Waals surface area contributed by atoms with E-state index in [4.69, 9.17) is 21.7 Å². The summed E-state index contributed by atoms with van der Waals surface area (Å²) in [4.78, 5) is 15.5. The molecule has 3 aromatic rings. The summed E-state index contributed by atoms with van der Waals surface area (Å²) in [5.74, 6) is 0.216. The molecular weight excluding hydrogens is 403 g/mol. The smallest absolute Gasteiger partial charge is 0.419 e. The molecule has 0 amide bonds. The molecule has 0 atom stereocenters. The van der Waals surface area contributed by atoms with Crippen LogP contribution in [-0.4, -0.2) is 28.3 Å². The maximum absolute atomic E-state index is 13.8. The quantitative estimate of drug-likeness (QED) is 0.482. The fourth-order valence-corrected chi connectivity index (χ4v) is 3.07. The minimum Gasteiger partial charge on any atom is -0.487 e. The molecule has 1 heterocycles. The van der Waals surface area contributed by atoms with Crippen LogP contribution in [0.4, 0.5) is 14.9 Å². The van der Waals surface area contributed by atoms with Gasteiger partial charge in [0, 0.05) is 18.1 Å². The second-order valence-corrected chi connectivity index (χ2v) is 8.61. The summed E-state index contributed by atoms with van der Waals surface area (Å²) in [6.45, 7) is 7.34. The molecule has 7 heteroatoms. The van der Waals surface area contributed by atoms with Crippen molar-refractivity contribution >= 4 is 39.9 Å². The van der Waals surface area contributed by atoms with Gasteiger partial charge in [-0.15, -0.1) is 0 Å². The zero-order chi connectivity index (χ0) is 22.1. The van der Waals surface area contributed by atoms with Gasteiger partial charge in [0.25, 0.3) is 0 Å². The number of thiocarbonyl (C=S) groups is 1. The Bertz CT molecular complexity index is 1080. The summed E-state index contributed by atoms with van der Waals surface area (Å²) in [6, 6.07) is 13.6. The Morgan fingerprint density at radius 3 is 2.40 bits per heavy atom. The van der Waals surface area contributed by atoms with Crippen molar-refractivity contribution in [3.63, 3.8) is 0 Å². The summed E-state index contributed by atoms with van der Waals surface area (Å²) in [5.41, 5.74) is 1.28. The number of aromatic nitrogens is 1. The van der Waals surface area contributed by atoms with Gasteiger partial charge in [-0.05, 0) is 76.2 Å². The van der Waals surface area contributed by atoms with E-state index in [9.17, 15) is 9.18 Å². The molecule has 3 rings (SSSR count). The number of carbonyl (C=O) groups excluding carboxylic acids is 1. The summed E-state index contributed by atoms with van der Waals surface area (Å²) in [7, 11) is 1.90. The Morgan fingerprint density at radius 1 is 1.13 bits per heavy atom. The lowest BCUT2D eigenvalue weighted by Crippen LogP contribution is -2.28. The first-order valence-corrected chi connectivity index (χ1v) is 9.96. The first-order chi connectivity index (χ1) is 14.0. The Kier molecular flexibility index (Phi) is 6.12. The van der Waals surface area contributed by atoms with Crippen LogP contribution in [0.25, 0.3) is 10.9 Å². The van der Waals surface area contributed by atoms with Crippen molar-refractivity contribution in [3.8, 4) is 5.75 Å². The highest BCUT2D eigenvalue weighted by Gasteiger charge is 2.22. The highest BCUT2D eigenvalue weighted by atomic mass is 32.1. The van der Waals surface area contributed by atoms with Crippen molar-refractivity contribution in [1.82, 2.24) is 4.57 Å². The molecule has 0 saturated heterocycles. The topological polar surface area (TPSA) is 43.7 Å². The van der Waals surface area contributed by atoms with Crippen LogP contribution in [0.15, 0.2) is 48.5 Å². The van der Waals surface area contributed by atoms with Crippen molar-refractivity contribution < 1.29 is 18.7 Å². The number of ether oxygens (including phenoxy) is 2. The molecule has 0 radical (unpaired) electrons. The molecule has 0 aliphatic heterocycles. The van der Waals surface area contributed by atoms with E-state index in [-0.39, 0.29) is 6.61 Å². The third-order valence-electron chi connectivity index (χ3n) is 4.50. The second-order valence-electron chi connectivity index (χ2n) is 8.02. The number of nitrogens with zero attached hydrogens (tertiary/aromatic N) is 2. The van der Waals surface area contributed by atoms with E-state index < -0.39 is 17.5 Å². The molecule has 30 heavy (non-hydrogen) atoms. The standard InChI is InChI=1S/C23H25FN2O3S/c1-15(30)25(5)18-8-10-20(11-9-18)28-14-19-12-16-6-7-17(24)13-21(16)26(19)22(27)29-23(2,3)4/h6-13H,14H2,1-5H3. The Balaban J connectivity index is 1.87. The summed E-state index contributed by atoms with van der Waals surface area (Å²) >= 11 is 5.19. The van der Waals surface area contributed by atoms with Crippen molar-refractivity contribution in [2.45, 2.75) is 39.9 Å². The third-order valence-corrected chi connectivity index (χ3v) is 4.78. The average molecular weight is 429 g/mol. The summed E-state index contributed by atoms with van der Waals surface area (Å²) in [5, 5.41) is 0.731. The Morgan fingerprint density at radius 2 is 1.80 bits per heavy atom. The van der Waals surface area contributed by atoms with Gasteiger partial charge < -0.3 is 14.4 Å². The SMILES string of the molecule is CC(=S)N(C)c1ccc(OCc2cc3ccc(F)cc3n2C(=O)OC(C)(C)C)cc1. The van der Waals surface area contributed by atoms with E-state index >= 15 is 0 Å². The number of anilines is 1. The lowest BCUT2D eigenvalue weighted by molar-refractivity contribution is 0.0535. The molecule has 158 valence electrons. The predicted octanol–water partition coefficient (Wildman–Crippen LogP) is 5.93. The highest BCUT2D eigenvalue weighted by molar-refractivity contribution is 7.80. The van der Waals surface area contributed by atoms with Crippen LogP contribution in [0.2, 0.25) is 0 Å². The molecular formula is C23H25FN2O3S. The van der Waals surface area contributed by atoms with Crippen LogP contribution in [0.5, 0.6) is 5.75 Å². The van der Waals surface area contributed by atoms with Gasteiger partial charge in [-0.25, -0.2) is 13.8 Å². The van der Waals surface area contributed by atoms with Gasteiger partial charge in [0.05, 0.1) is 16.2 Å². The minimum atomic E-state index is -0.680. The predicted molar refractivity (Wildman–Crippen MR) is 121 cm³/mol.